The van der Waals surface area contributed by atoms with Gasteiger partial charge in [-0.1, -0.05) is 96.5 Å². The van der Waals surface area contributed by atoms with Crippen molar-refractivity contribution in [2.45, 2.75) is 198 Å². The van der Waals surface area contributed by atoms with Crippen LogP contribution in [0.15, 0.2) is 70.8 Å². The minimum Gasteiger partial charge on any atom is -0.394 e. The van der Waals surface area contributed by atoms with Crippen LogP contribution < -0.4 is 87.6 Å². The smallest absolute Gasteiger partial charge is 0.246 e. The van der Waals surface area contributed by atoms with Gasteiger partial charge in [0.1, 0.15) is 66.5 Å². The highest BCUT2D eigenvalue weighted by molar-refractivity contribution is 7.80. The van der Waals surface area contributed by atoms with Crippen molar-refractivity contribution in [2.75, 3.05) is 51.7 Å². The number of hydrogen-bond donors (Lipinski definition) is 20. The van der Waals surface area contributed by atoms with E-state index in [0.29, 0.717) is 18.4 Å². The van der Waals surface area contributed by atoms with Crippen molar-refractivity contribution in [1.82, 2.24) is 68.0 Å². The van der Waals surface area contributed by atoms with E-state index >= 15 is 0 Å². The average Bonchev–Trinajstić information content (AvgIpc) is 1.62. The van der Waals surface area contributed by atoms with Crippen LogP contribution in [0.1, 0.15) is 123 Å². The number of nitrogens with two attached hydrogens (primary N) is 6. The first-order valence-corrected chi connectivity index (χ1v) is 37.1. The maximum atomic E-state index is 14.8. The number of aliphatic hydroxyl groups is 2. The number of carbonyl (C=O) groups excluding carboxylic acids is 13. The number of aromatic nitrogens is 1. The lowest BCUT2D eigenvalue weighted by atomic mass is 9.97. The Balaban J connectivity index is 1.24. The molecule has 2 aromatic carbocycles. The summed E-state index contributed by atoms with van der Waals surface area (Å²) < 4.78 is 0. The van der Waals surface area contributed by atoms with Crippen molar-refractivity contribution < 1.29 is 72.5 Å². The number of aromatic amines is 1. The fourth-order valence-electron chi connectivity index (χ4n) is 12.6. The lowest BCUT2D eigenvalue weighted by Gasteiger charge is -2.32. The third kappa shape index (κ3) is 27.6. The van der Waals surface area contributed by atoms with Gasteiger partial charge in [-0.2, -0.15) is 12.6 Å². The fraction of sp³-hybridized carbons (Fsp3) is 0.592. The average molecular weight is 1530 g/mol. The summed E-state index contributed by atoms with van der Waals surface area (Å²) in [6.45, 7) is 8.26. The van der Waals surface area contributed by atoms with Crippen LogP contribution in [0, 0.1) is 17.8 Å². The molecule has 25 N–H and O–H groups in total. The second kappa shape index (κ2) is 44.2. The van der Waals surface area contributed by atoms with Crippen LogP contribution >= 0.6 is 12.6 Å². The van der Waals surface area contributed by atoms with E-state index in [9.17, 15) is 72.5 Å². The minimum atomic E-state index is -1.82. The zero-order chi connectivity index (χ0) is 79.9. The first-order valence-electron chi connectivity index (χ1n) is 36.5. The summed E-state index contributed by atoms with van der Waals surface area (Å²) in [5.74, 6) is -12.2. The molecule has 5 rings (SSSR count). The molecule has 2 fully saturated rings. The lowest BCUT2D eigenvalue weighted by Crippen LogP contribution is -2.61. The number of amides is 13. The molecule has 108 heavy (non-hydrogen) atoms. The number of H-pyrrole nitrogens is 1. The second-order valence-electron chi connectivity index (χ2n) is 28.0. The zero-order valence-electron chi connectivity index (χ0n) is 62.2. The van der Waals surface area contributed by atoms with Crippen molar-refractivity contribution in [3.63, 3.8) is 0 Å². The Hall–Kier alpha value is -10.1. The van der Waals surface area contributed by atoms with E-state index in [1.807, 2.05) is 45.0 Å². The number of rotatable bonds is 44. The SMILES string of the molecule is CC[C@H](C)[C@H](NC(=O)CNC(=O)[C@@H](N)Cc1c[nH]c2ccccc12)C(=O)N1CCC[C@H]1C(=O)N[C@@H](CS)C(=O)N[C@@H](Cc1ccccc1)C(=O)N1CCC[C@H]1C(=O)N[C@@H](CO)C(=O)N[C@@H](CO)C(=O)N[C@@H](CC(C)C)C(=O)N[C@@H](CCCN=C(N)N)C(=O)N[C@@H](CCCN=C(N)N)C(=O)N[C@@H](CC(C)C)C(N)=O. The number of carbonyl (C=O) groups is 13. The Morgan fingerprint density at radius 3 is 1.52 bits per heavy atom. The fourth-order valence-corrected chi connectivity index (χ4v) is 12.8. The third-order valence-corrected chi connectivity index (χ3v) is 18.9. The van der Waals surface area contributed by atoms with Crippen LogP contribution in [-0.4, -0.2) is 238 Å². The molecule has 0 aliphatic carbocycles. The summed E-state index contributed by atoms with van der Waals surface area (Å²) in [5.41, 5.74) is 36.2. The number of hydrogen-bond acceptors (Lipinski definition) is 19. The molecule has 2 aliphatic heterocycles. The monoisotopic (exact) mass is 1530 g/mol. The number of aliphatic imine (C=N–C) groups is 2. The molecule has 596 valence electrons. The summed E-state index contributed by atoms with van der Waals surface area (Å²) in [4.78, 5) is 195. The van der Waals surface area contributed by atoms with Crippen molar-refractivity contribution in [3.05, 3.63) is 71.9 Å². The highest BCUT2D eigenvalue weighted by Gasteiger charge is 2.43. The number of nitrogens with one attached hydrogen (secondary N) is 11. The van der Waals surface area contributed by atoms with Gasteiger partial charge in [-0.25, -0.2) is 0 Å². The molecule has 0 saturated carbocycles. The molecule has 1 aromatic heterocycles. The number of nitrogens with zero attached hydrogens (tertiary/aromatic N) is 4. The number of likely N-dealkylation sites (tertiary alicyclic amines) is 2. The number of primary amides is 1. The Morgan fingerprint density at radius 1 is 0.546 bits per heavy atom. The van der Waals surface area contributed by atoms with Gasteiger partial charge in [0.25, 0.3) is 0 Å². The van der Waals surface area contributed by atoms with E-state index in [4.69, 9.17) is 34.4 Å². The maximum Gasteiger partial charge on any atom is 0.246 e. The molecule has 0 spiro atoms. The highest BCUT2D eigenvalue weighted by atomic mass is 32.1. The molecular weight excluding hydrogens is 1420 g/mol. The molecule has 3 aromatic rings. The number of fused-ring (bicyclic) bond motifs is 1. The molecule has 0 bridgehead atoms. The summed E-state index contributed by atoms with van der Waals surface area (Å²) in [7, 11) is 0. The Bertz CT molecular complexity index is 3630. The van der Waals surface area contributed by atoms with Crippen LogP contribution in [0.2, 0.25) is 0 Å². The number of guanidine groups is 2. The second-order valence-corrected chi connectivity index (χ2v) is 28.3. The van der Waals surface area contributed by atoms with Gasteiger partial charge in [0.05, 0.1) is 25.8 Å². The highest BCUT2D eigenvalue weighted by Crippen LogP contribution is 2.24. The number of benzene rings is 2. The summed E-state index contributed by atoms with van der Waals surface area (Å²) >= 11 is 4.39. The van der Waals surface area contributed by atoms with Crippen LogP contribution in [-0.2, 0) is 75.2 Å². The number of thiol groups is 1. The van der Waals surface area contributed by atoms with Crippen molar-refractivity contribution in [1.29, 1.82) is 0 Å². The molecule has 0 unspecified atom stereocenters. The zero-order valence-corrected chi connectivity index (χ0v) is 63.1. The first-order chi connectivity index (χ1) is 51.3. The molecule has 2 aliphatic rings. The van der Waals surface area contributed by atoms with E-state index in [1.165, 1.54) is 9.80 Å². The van der Waals surface area contributed by atoms with Crippen molar-refractivity contribution >= 4 is 112 Å². The predicted octanol–water partition coefficient (Wildman–Crippen LogP) is -4.61. The quantitative estimate of drug-likeness (QED) is 0.0110. The first kappa shape index (κ1) is 88.5. The van der Waals surface area contributed by atoms with Crippen molar-refractivity contribution in [3.8, 4) is 0 Å². The third-order valence-electron chi connectivity index (χ3n) is 18.6. The van der Waals surface area contributed by atoms with Gasteiger partial charge < -0.3 is 113 Å². The van der Waals surface area contributed by atoms with Gasteiger partial charge in [-0.05, 0) is 106 Å². The Kier molecular flexibility index (Phi) is 36.2. The van der Waals surface area contributed by atoms with E-state index in [-0.39, 0.29) is 126 Å². The molecule has 0 radical (unpaired) electrons. The predicted molar refractivity (Wildman–Crippen MR) is 405 cm³/mol. The van der Waals surface area contributed by atoms with E-state index < -0.39 is 175 Å². The molecule has 13 atom stereocenters. The van der Waals surface area contributed by atoms with Gasteiger partial charge in [-0.15, -0.1) is 0 Å². The molecule has 37 heteroatoms. The molecular formula is C71H111N21O15S. The molecule has 2 saturated heterocycles. The topological polar surface area (TPSA) is 586 Å². The van der Waals surface area contributed by atoms with Crippen molar-refractivity contribution in [2.24, 2.45) is 62.1 Å². The molecule has 13 amide bonds. The maximum absolute atomic E-state index is 14.8. The van der Waals surface area contributed by atoms with Gasteiger partial charge in [0.2, 0.25) is 76.8 Å². The summed E-state index contributed by atoms with van der Waals surface area (Å²) in [6, 6.07) is 0.0276. The van der Waals surface area contributed by atoms with Gasteiger partial charge in [0.15, 0.2) is 11.9 Å². The van der Waals surface area contributed by atoms with E-state index in [1.54, 1.807) is 57.3 Å². The number of para-hydroxylation sites is 1. The van der Waals surface area contributed by atoms with Crippen LogP contribution in [0.4, 0.5) is 0 Å². The number of aliphatic hydroxyl groups excluding tert-OH is 2. The summed E-state index contributed by atoms with van der Waals surface area (Å²) in [6.07, 6.45) is 3.47. The minimum absolute atomic E-state index is 0.00214. The summed E-state index contributed by atoms with van der Waals surface area (Å²) in [5, 5.41) is 47.8. The van der Waals surface area contributed by atoms with Crippen LogP contribution in [0.5, 0.6) is 0 Å². The Morgan fingerprint density at radius 2 is 1.00 bits per heavy atom. The normalized spacial score (nSPS) is 17.1. The van der Waals surface area contributed by atoms with E-state index in [2.05, 4.69) is 80.8 Å². The Labute approximate surface area is 633 Å². The van der Waals surface area contributed by atoms with E-state index in [0.717, 1.165) is 16.5 Å². The van der Waals surface area contributed by atoms with Gasteiger partial charge in [0, 0.05) is 55.5 Å². The van der Waals surface area contributed by atoms with Crippen LogP contribution in [0.3, 0.4) is 0 Å². The molecule has 3 heterocycles. The lowest BCUT2D eigenvalue weighted by molar-refractivity contribution is -0.143. The standard InChI is InChI=1S/C71H111N21O15S/c1-7-40(6)57(90-56(95)34-81-59(97)44(72)32-42-33-80-45-20-12-11-19-43(42)45)69(107)92-28-16-24-55(92)67(105)89-53(37-108)65(103)86-50(31-41-17-9-8-10-18-41)68(106)91-27-15-23-54(91)66(104)88-52(36-94)64(102)87-51(35-93)63(101)85-49(30-39(4)5)62(100)83-46(21-13-25-78-70(74)75)60(98)82-47(22-14-26-79-71(76)77)61(99)84-48(58(73)96)29-38(2)3/h8-12,17-20,33,38-40,44,46-55,57,80,93-94,108H,7,13-16,21-32,34-37,72H2,1-6H3,(H2,73,96)(H,81,97)(H,82,98)(H,83,100)(H,84,99)(H,85,101)(H,86,103)(H,87,102)(H,88,104)(H,89,105)(H,90,95)(H4,74,75,78)(H4,76,77,79)/t40-,44-,46-,47-,48-,49-,50-,51-,52-,53-,54-,55-,57-/m0/s1. The van der Waals surface area contributed by atoms with Crippen LogP contribution in [0.25, 0.3) is 10.9 Å². The van der Waals surface area contributed by atoms with Gasteiger partial charge in [-0.3, -0.25) is 72.3 Å². The largest absolute Gasteiger partial charge is 0.394 e. The molecule has 36 nitrogen and oxygen atoms in total. The van der Waals surface area contributed by atoms with Gasteiger partial charge >= 0.3 is 0 Å².